The molecule has 10 heteroatoms. The highest BCUT2D eigenvalue weighted by molar-refractivity contribution is 5.51. The number of benzene rings is 1. The number of anilines is 1. The van der Waals surface area contributed by atoms with E-state index in [1.54, 1.807) is 0 Å². The Kier molecular flexibility index (Phi) is 5.19. The van der Waals surface area contributed by atoms with E-state index in [4.69, 9.17) is 0 Å². The first-order valence-electron chi connectivity index (χ1n) is 5.22. The summed E-state index contributed by atoms with van der Waals surface area (Å²) >= 11 is 0. The van der Waals surface area contributed by atoms with Gasteiger partial charge in [0.05, 0.1) is 23.7 Å². The van der Waals surface area contributed by atoms with Gasteiger partial charge < -0.3 is 10.1 Å². The second-order valence-corrected chi connectivity index (χ2v) is 3.64. The van der Waals surface area contributed by atoms with Crippen molar-refractivity contribution in [3.63, 3.8) is 0 Å². The van der Waals surface area contributed by atoms with E-state index in [-0.39, 0.29) is 6.54 Å². The average Bonchev–Trinajstić information content (AvgIpc) is 2.29. The van der Waals surface area contributed by atoms with Crippen molar-refractivity contribution in [2.24, 2.45) is 0 Å². The molecule has 20 heavy (non-hydrogen) atoms. The average molecular weight is 300 g/mol. The Morgan fingerprint density at radius 2 is 1.80 bits per heavy atom. The van der Waals surface area contributed by atoms with E-state index < -0.39 is 47.3 Å². The zero-order valence-electron chi connectivity index (χ0n) is 9.84. The van der Waals surface area contributed by atoms with Crippen LogP contribution in [0.3, 0.4) is 0 Å². The summed E-state index contributed by atoms with van der Waals surface area (Å²) < 4.78 is 66.1. The summed E-state index contributed by atoms with van der Waals surface area (Å²) in [5, 5.41) is 12.5. The minimum absolute atomic E-state index is 0.290. The van der Waals surface area contributed by atoms with Gasteiger partial charge in [0.25, 0.3) is 5.69 Å². The van der Waals surface area contributed by atoms with E-state index in [0.717, 1.165) is 0 Å². The van der Waals surface area contributed by atoms with Gasteiger partial charge in [-0.1, -0.05) is 0 Å². The second kappa shape index (κ2) is 6.46. The van der Waals surface area contributed by atoms with Gasteiger partial charge in [0.15, 0.2) is 11.6 Å². The van der Waals surface area contributed by atoms with Crippen molar-refractivity contribution in [3.05, 3.63) is 33.9 Å². The minimum atomic E-state index is -4.48. The molecular weight excluding hydrogens is 291 g/mol. The molecule has 0 saturated heterocycles. The lowest BCUT2D eigenvalue weighted by Crippen LogP contribution is -2.20. The topological polar surface area (TPSA) is 64.4 Å². The highest BCUT2D eigenvalue weighted by atomic mass is 19.4. The van der Waals surface area contributed by atoms with Gasteiger partial charge in [0.2, 0.25) is 0 Å². The van der Waals surface area contributed by atoms with Crippen LogP contribution in [0.1, 0.15) is 0 Å². The largest absolute Gasteiger partial charge is 0.411 e. The Hall–Kier alpha value is -1.97. The summed E-state index contributed by atoms with van der Waals surface area (Å²) in [5.41, 5.74) is -1.43. The van der Waals surface area contributed by atoms with E-state index in [9.17, 15) is 32.1 Å². The van der Waals surface area contributed by atoms with Crippen LogP contribution < -0.4 is 5.32 Å². The van der Waals surface area contributed by atoms with Gasteiger partial charge in [-0.05, 0) is 0 Å². The standard InChI is InChI=1S/C10H9F5N2O3/c11-7-3-6(17(18)19)4-8(12)9(7)16-1-2-20-5-10(13,14)15/h3-4,16H,1-2,5H2. The molecule has 1 N–H and O–H groups in total. The monoisotopic (exact) mass is 300 g/mol. The fourth-order valence-electron chi connectivity index (χ4n) is 1.27. The number of ether oxygens (including phenoxy) is 1. The molecule has 1 rings (SSSR count). The van der Waals surface area contributed by atoms with Gasteiger partial charge in [0.1, 0.15) is 12.3 Å². The van der Waals surface area contributed by atoms with Crippen LogP contribution in [0.15, 0.2) is 12.1 Å². The van der Waals surface area contributed by atoms with Crippen molar-refractivity contribution < 1.29 is 31.6 Å². The Morgan fingerprint density at radius 1 is 1.25 bits per heavy atom. The molecule has 0 aromatic heterocycles. The molecule has 5 nitrogen and oxygen atoms in total. The third kappa shape index (κ3) is 4.96. The molecule has 0 bridgehead atoms. The summed E-state index contributed by atoms with van der Waals surface area (Å²) in [4.78, 5) is 9.37. The number of halogens is 5. The van der Waals surface area contributed by atoms with Gasteiger partial charge >= 0.3 is 6.18 Å². The van der Waals surface area contributed by atoms with Crippen molar-refractivity contribution in [2.45, 2.75) is 6.18 Å². The van der Waals surface area contributed by atoms with Crippen molar-refractivity contribution >= 4 is 11.4 Å². The molecule has 0 aliphatic rings. The van der Waals surface area contributed by atoms with E-state index in [0.29, 0.717) is 12.1 Å². The lowest BCUT2D eigenvalue weighted by molar-refractivity contribution is -0.385. The number of nitro groups is 1. The Labute approximate surface area is 109 Å². The zero-order chi connectivity index (χ0) is 15.3. The van der Waals surface area contributed by atoms with Crippen LogP contribution in [0.2, 0.25) is 0 Å². The van der Waals surface area contributed by atoms with Gasteiger partial charge in [-0.2, -0.15) is 13.2 Å². The van der Waals surface area contributed by atoms with Gasteiger partial charge in [-0.3, -0.25) is 10.1 Å². The molecule has 1 aromatic rings. The molecule has 0 spiro atoms. The first-order valence-corrected chi connectivity index (χ1v) is 5.22. The predicted octanol–water partition coefficient (Wildman–Crippen LogP) is 2.86. The molecule has 0 aliphatic carbocycles. The Balaban J connectivity index is 2.55. The van der Waals surface area contributed by atoms with Crippen LogP contribution >= 0.6 is 0 Å². The lowest BCUT2D eigenvalue weighted by Gasteiger charge is -2.10. The highest BCUT2D eigenvalue weighted by Gasteiger charge is 2.27. The van der Waals surface area contributed by atoms with Crippen LogP contribution in [0.4, 0.5) is 33.3 Å². The number of hydrogen-bond acceptors (Lipinski definition) is 4. The lowest BCUT2D eigenvalue weighted by atomic mass is 10.2. The fraction of sp³-hybridized carbons (Fsp3) is 0.400. The van der Waals surface area contributed by atoms with Crippen LogP contribution in [-0.2, 0) is 4.74 Å². The number of nitrogens with one attached hydrogen (secondary N) is 1. The maximum Gasteiger partial charge on any atom is 0.411 e. The van der Waals surface area contributed by atoms with Gasteiger partial charge in [-0.15, -0.1) is 0 Å². The number of alkyl halides is 3. The summed E-state index contributed by atoms with van der Waals surface area (Å²) in [6.45, 7) is -2.20. The molecule has 0 amide bonds. The van der Waals surface area contributed by atoms with E-state index in [2.05, 4.69) is 10.1 Å². The minimum Gasteiger partial charge on any atom is -0.378 e. The van der Waals surface area contributed by atoms with Crippen LogP contribution in [0.25, 0.3) is 0 Å². The first kappa shape index (κ1) is 16.1. The summed E-state index contributed by atoms with van der Waals surface area (Å²) in [6, 6.07) is 1.00. The number of nitro benzene ring substituents is 1. The SMILES string of the molecule is O=[N+]([O-])c1cc(F)c(NCCOCC(F)(F)F)c(F)c1. The van der Waals surface area contributed by atoms with Crippen molar-refractivity contribution in [3.8, 4) is 0 Å². The van der Waals surface area contributed by atoms with Crippen LogP contribution in [0, 0.1) is 21.7 Å². The Bertz CT molecular complexity index is 469. The van der Waals surface area contributed by atoms with Crippen molar-refractivity contribution in [1.82, 2.24) is 0 Å². The van der Waals surface area contributed by atoms with E-state index >= 15 is 0 Å². The Morgan fingerprint density at radius 3 is 2.25 bits per heavy atom. The van der Waals surface area contributed by atoms with Crippen molar-refractivity contribution in [1.29, 1.82) is 0 Å². The van der Waals surface area contributed by atoms with Crippen LogP contribution in [-0.4, -0.2) is 30.9 Å². The second-order valence-electron chi connectivity index (χ2n) is 3.64. The molecule has 1 aromatic carbocycles. The summed E-state index contributed by atoms with van der Waals surface area (Å²) in [7, 11) is 0. The molecule has 0 heterocycles. The van der Waals surface area contributed by atoms with E-state index in [1.807, 2.05) is 0 Å². The molecule has 0 unspecified atom stereocenters. The third-order valence-corrected chi connectivity index (χ3v) is 2.05. The fourth-order valence-corrected chi connectivity index (χ4v) is 1.27. The van der Waals surface area contributed by atoms with Gasteiger partial charge in [0, 0.05) is 6.54 Å². The quantitative estimate of drug-likeness (QED) is 0.380. The first-order chi connectivity index (χ1) is 9.20. The smallest absolute Gasteiger partial charge is 0.378 e. The van der Waals surface area contributed by atoms with Gasteiger partial charge in [-0.25, -0.2) is 8.78 Å². The highest BCUT2D eigenvalue weighted by Crippen LogP contribution is 2.24. The number of non-ortho nitro benzene ring substituents is 1. The maximum absolute atomic E-state index is 13.3. The molecule has 0 atom stereocenters. The number of nitrogens with zero attached hydrogens (tertiary/aromatic N) is 1. The molecule has 112 valence electrons. The normalized spacial score (nSPS) is 11.4. The third-order valence-electron chi connectivity index (χ3n) is 2.05. The molecule has 0 radical (unpaired) electrons. The zero-order valence-corrected chi connectivity index (χ0v) is 9.84. The van der Waals surface area contributed by atoms with Crippen LogP contribution in [0.5, 0.6) is 0 Å². The van der Waals surface area contributed by atoms with Crippen molar-refractivity contribution in [2.75, 3.05) is 25.1 Å². The number of rotatable bonds is 6. The molecular formula is C10H9F5N2O3. The summed E-state index contributed by atoms with van der Waals surface area (Å²) in [5.74, 6) is -2.43. The molecule has 0 saturated carbocycles. The summed E-state index contributed by atoms with van der Waals surface area (Å²) in [6.07, 6.45) is -4.48. The van der Waals surface area contributed by atoms with E-state index in [1.165, 1.54) is 0 Å². The predicted molar refractivity (Wildman–Crippen MR) is 58.4 cm³/mol. The maximum atomic E-state index is 13.3. The molecule has 0 fully saturated rings. The number of hydrogen-bond donors (Lipinski definition) is 1. The molecule has 0 aliphatic heterocycles.